The zero-order chi connectivity index (χ0) is 16.3. The minimum Gasteiger partial charge on any atom is -0.504 e. The normalized spacial score (nSPS) is 32.1. The van der Waals surface area contributed by atoms with Crippen LogP contribution in [-0.2, 0) is 15.9 Å². The Hall–Kier alpha value is -1.42. The van der Waals surface area contributed by atoms with Crippen LogP contribution in [0.5, 0.6) is 11.5 Å². The summed E-state index contributed by atoms with van der Waals surface area (Å²) in [6, 6.07) is 4.33. The number of phenols is 2. The molecule has 8 nitrogen and oxygen atoms in total. The van der Waals surface area contributed by atoms with Gasteiger partial charge in [-0.15, -0.1) is 0 Å². The molecule has 124 valence electrons. The molecule has 1 aromatic carbocycles. The van der Waals surface area contributed by atoms with E-state index >= 15 is 0 Å². The molecule has 8 heteroatoms. The fourth-order valence-corrected chi connectivity index (χ4v) is 2.22. The quantitative estimate of drug-likeness (QED) is 0.359. The number of aliphatic hydroxyl groups excluding tert-OH is 4. The van der Waals surface area contributed by atoms with Crippen LogP contribution in [-0.4, -0.2) is 74.6 Å². The second kappa shape index (κ2) is 7.23. The summed E-state index contributed by atoms with van der Waals surface area (Å²) in [6.07, 6.45) is -6.17. The van der Waals surface area contributed by atoms with Crippen molar-refractivity contribution in [2.45, 2.75) is 37.1 Å². The molecule has 1 aromatic rings. The third-order valence-corrected chi connectivity index (χ3v) is 3.56. The van der Waals surface area contributed by atoms with E-state index in [1.165, 1.54) is 12.1 Å². The van der Waals surface area contributed by atoms with Crippen molar-refractivity contribution in [3.05, 3.63) is 23.8 Å². The third-order valence-electron chi connectivity index (χ3n) is 3.56. The molecule has 0 saturated carbocycles. The van der Waals surface area contributed by atoms with Crippen molar-refractivity contribution in [2.75, 3.05) is 13.2 Å². The molecule has 0 unspecified atom stereocenters. The van der Waals surface area contributed by atoms with Crippen molar-refractivity contribution in [2.24, 2.45) is 0 Å². The number of ether oxygens (including phenoxy) is 2. The Morgan fingerprint density at radius 1 is 1.00 bits per heavy atom. The third kappa shape index (κ3) is 3.67. The summed E-state index contributed by atoms with van der Waals surface area (Å²) in [5, 5.41) is 56.7. The molecule has 1 fully saturated rings. The molecule has 2 rings (SSSR count). The highest BCUT2D eigenvalue weighted by Crippen LogP contribution is 2.25. The molecule has 1 aliphatic heterocycles. The van der Waals surface area contributed by atoms with Crippen LogP contribution in [0.3, 0.4) is 0 Å². The van der Waals surface area contributed by atoms with E-state index in [1.54, 1.807) is 6.07 Å². The first-order chi connectivity index (χ1) is 10.4. The maximum Gasteiger partial charge on any atom is 0.186 e. The van der Waals surface area contributed by atoms with Crippen molar-refractivity contribution in [1.82, 2.24) is 0 Å². The molecule has 6 N–H and O–H groups in total. The van der Waals surface area contributed by atoms with Crippen LogP contribution >= 0.6 is 0 Å². The molecule has 0 spiro atoms. The highest BCUT2D eigenvalue weighted by atomic mass is 16.7. The molecule has 0 aliphatic carbocycles. The monoisotopic (exact) mass is 316 g/mol. The van der Waals surface area contributed by atoms with Gasteiger partial charge in [0, 0.05) is 0 Å². The maximum atomic E-state index is 9.78. The van der Waals surface area contributed by atoms with Crippen LogP contribution < -0.4 is 0 Å². The topological polar surface area (TPSA) is 140 Å². The van der Waals surface area contributed by atoms with Crippen LogP contribution in [0.2, 0.25) is 0 Å². The van der Waals surface area contributed by atoms with Crippen LogP contribution in [0.25, 0.3) is 0 Å². The molecule has 5 atom stereocenters. The Morgan fingerprint density at radius 3 is 2.36 bits per heavy atom. The number of rotatable bonds is 5. The fourth-order valence-electron chi connectivity index (χ4n) is 2.22. The van der Waals surface area contributed by atoms with Crippen molar-refractivity contribution in [3.63, 3.8) is 0 Å². The van der Waals surface area contributed by atoms with E-state index in [0.717, 1.165) is 0 Å². The van der Waals surface area contributed by atoms with Crippen LogP contribution in [0.4, 0.5) is 0 Å². The van der Waals surface area contributed by atoms with Gasteiger partial charge in [-0.3, -0.25) is 0 Å². The number of aliphatic hydroxyl groups is 4. The fraction of sp³-hybridized carbons (Fsp3) is 0.571. The first-order valence-corrected chi connectivity index (χ1v) is 6.87. The minimum atomic E-state index is -1.48. The van der Waals surface area contributed by atoms with E-state index in [0.29, 0.717) is 12.0 Å². The molecule has 1 heterocycles. The summed E-state index contributed by atoms with van der Waals surface area (Å²) < 4.78 is 10.5. The van der Waals surface area contributed by atoms with E-state index in [-0.39, 0.29) is 18.1 Å². The van der Waals surface area contributed by atoms with E-state index < -0.39 is 37.3 Å². The summed E-state index contributed by atoms with van der Waals surface area (Å²) in [6.45, 7) is -0.413. The van der Waals surface area contributed by atoms with Crippen LogP contribution in [0, 0.1) is 0 Å². The van der Waals surface area contributed by atoms with Crippen LogP contribution in [0.15, 0.2) is 18.2 Å². The van der Waals surface area contributed by atoms with Gasteiger partial charge in [-0.1, -0.05) is 6.07 Å². The summed E-state index contributed by atoms with van der Waals surface area (Å²) in [7, 11) is 0. The van der Waals surface area contributed by atoms with Gasteiger partial charge in [0.25, 0.3) is 0 Å². The first kappa shape index (κ1) is 16.9. The number of benzene rings is 1. The highest BCUT2D eigenvalue weighted by Gasteiger charge is 2.43. The van der Waals surface area contributed by atoms with E-state index in [2.05, 4.69) is 0 Å². The molecule has 1 saturated heterocycles. The SMILES string of the molecule is OC[C@@H]1O[C@H](OCCc2ccc(O)c(O)c2)[C@@H](O)[C@H](O)[C@@H]1O. The summed E-state index contributed by atoms with van der Waals surface area (Å²) in [4.78, 5) is 0. The largest absolute Gasteiger partial charge is 0.504 e. The van der Waals surface area contributed by atoms with Crippen molar-refractivity contribution in [3.8, 4) is 11.5 Å². The van der Waals surface area contributed by atoms with Gasteiger partial charge in [-0.05, 0) is 24.1 Å². The molecular weight excluding hydrogens is 296 g/mol. The van der Waals surface area contributed by atoms with Gasteiger partial charge in [0.1, 0.15) is 24.4 Å². The standard InChI is InChI=1S/C14H20O8/c15-6-10-11(18)12(19)13(20)14(22-10)21-4-3-7-1-2-8(16)9(17)5-7/h1-2,5,10-20H,3-4,6H2/t10-,11+,12+,13-,14-/m0/s1. The van der Waals surface area contributed by atoms with E-state index in [9.17, 15) is 25.5 Å². The first-order valence-electron chi connectivity index (χ1n) is 6.87. The van der Waals surface area contributed by atoms with Gasteiger partial charge in [0.15, 0.2) is 17.8 Å². The molecule has 22 heavy (non-hydrogen) atoms. The Kier molecular flexibility index (Phi) is 5.57. The number of hydrogen-bond acceptors (Lipinski definition) is 8. The van der Waals surface area contributed by atoms with E-state index in [1.807, 2.05) is 0 Å². The summed E-state index contributed by atoms with van der Waals surface area (Å²) in [5.74, 6) is -0.469. The smallest absolute Gasteiger partial charge is 0.186 e. The minimum absolute atomic E-state index is 0.104. The van der Waals surface area contributed by atoms with Gasteiger partial charge in [0.05, 0.1) is 13.2 Å². The summed E-state index contributed by atoms with van der Waals surface area (Å²) >= 11 is 0. The van der Waals surface area contributed by atoms with Gasteiger partial charge in [-0.2, -0.15) is 0 Å². The van der Waals surface area contributed by atoms with Crippen molar-refractivity contribution in [1.29, 1.82) is 0 Å². The van der Waals surface area contributed by atoms with Crippen molar-refractivity contribution >= 4 is 0 Å². The van der Waals surface area contributed by atoms with Crippen LogP contribution in [0.1, 0.15) is 5.56 Å². The lowest BCUT2D eigenvalue weighted by atomic mass is 9.99. The van der Waals surface area contributed by atoms with Gasteiger partial charge >= 0.3 is 0 Å². The van der Waals surface area contributed by atoms with Gasteiger partial charge in [-0.25, -0.2) is 0 Å². The molecule has 1 aliphatic rings. The average molecular weight is 316 g/mol. The molecule has 0 aromatic heterocycles. The Morgan fingerprint density at radius 2 is 1.73 bits per heavy atom. The Bertz CT molecular complexity index is 492. The lowest BCUT2D eigenvalue weighted by Gasteiger charge is -2.39. The van der Waals surface area contributed by atoms with Gasteiger partial charge in [0.2, 0.25) is 0 Å². The van der Waals surface area contributed by atoms with E-state index in [4.69, 9.17) is 14.6 Å². The zero-order valence-electron chi connectivity index (χ0n) is 11.7. The maximum absolute atomic E-state index is 9.78. The van der Waals surface area contributed by atoms with Crippen molar-refractivity contribution < 1.29 is 40.1 Å². The number of phenolic OH excluding ortho intramolecular Hbond substituents is 2. The molecule has 0 amide bonds. The lowest BCUT2D eigenvalue weighted by molar-refractivity contribution is -0.300. The number of hydrogen-bond donors (Lipinski definition) is 6. The summed E-state index contributed by atoms with van der Waals surface area (Å²) in [5.41, 5.74) is 0.694. The number of aromatic hydroxyl groups is 2. The Labute approximate surface area is 126 Å². The molecule has 0 bridgehead atoms. The lowest BCUT2D eigenvalue weighted by Crippen LogP contribution is -2.59. The average Bonchev–Trinajstić information content (AvgIpc) is 2.51. The second-order valence-electron chi connectivity index (χ2n) is 5.14. The molecule has 0 radical (unpaired) electrons. The Balaban J connectivity index is 1.88. The zero-order valence-corrected chi connectivity index (χ0v) is 11.7. The predicted molar refractivity (Wildman–Crippen MR) is 73.2 cm³/mol. The highest BCUT2D eigenvalue weighted by molar-refractivity contribution is 5.40. The predicted octanol–water partition coefficient (Wildman–Crippen LogP) is -1.54. The van der Waals surface area contributed by atoms with Gasteiger partial charge < -0.3 is 40.1 Å². The molecular formula is C14H20O8. The second-order valence-corrected chi connectivity index (χ2v) is 5.14.